The van der Waals surface area contributed by atoms with Gasteiger partial charge in [0.05, 0.1) is 0 Å². The number of alkyl carbamates (subject to hydrolysis) is 1. The Morgan fingerprint density at radius 2 is 1.50 bits per heavy atom. The minimum Gasteiger partial charge on any atom is -0.480 e. The van der Waals surface area contributed by atoms with Crippen LogP contribution in [0.2, 0.25) is 0 Å². The first kappa shape index (κ1) is 19.0. The largest absolute Gasteiger partial charge is 0.480 e. The van der Waals surface area contributed by atoms with E-state index in [0.29, 0.717) is 0 Å². The number of rotatable bonds is 8. The second-order valence-electron chi connectivity index (χ2n) is 5.56. The van der Waals surface area contributed by atoms with Gasteiger partial charge >= 0.3 is 12.1 Å². The van der Waals surface area contributed by atoms with Crippen LogP contribution in [0.5, 0.6) is 0 Å². The highest BCUT2D eigenvalue weighted by Gasteiger charge is 2.22. The highest BCUT2D eigenvalue weighted by Crippen LogP contribution is 2.05. The SMILES string of the molecule is O=C(O)CNC(=O)[C@H](Cc1ccccc1)NC(=O)OCc1ccccc1. The van der Waals surface area contributed by atoms with Crippen LogP contribution in [0.4, 0.5) is 4.79 Å². The summed E-state index contributed by atoms with van der Waals surface area (Å²) in [6.07, 6.45) is -0.535. The van der Waals surface area contributed by atoms with Gasteiger partial charge in [-0.3, -0.25) is 9.59 Å². The first-order valence-electron chi connectivity index (χ1n) is 8.05. The molecule has 0 spiro atoms. The number of hydrogen-bond donors (Lipinski definition) is 3. The fourth-order valence-corrected chi connectivity index (χ4v) is 2.25. The van der Waals surface area contributed by atoms with Crippen molar-refractivity contribution in [2.45, 2.75) is 19.1 Å². The number of carbonyl (C=O) groups is 3. The number of amides is 2. The van der Waals surface area contributed by atoms with Crippen LogP contribution < -0.4 is 10.6 Å². The van der Waals surface area contributed by atoms with Crippen LogP contribution in [0.1, 0.15) is 11.1 Å². The highest BCUT2D eigenvalue weighted by atomic mass is 16.5. The summed E-state index contributed by atoms with van der Waals surface area (Å²) >= 11 is 0. The quantitative estimate of drug-likeness (QED) is 0.668. The van der Waals surface area contributed by atoms with E-state index in [-0.39, 0.29) is 13.0 Å². The van der Waals surface area contributed by atoms with Crippen LogP contribution in [0.15, 0.2) is 60.7 Å². The number of aliphatic carboxylic acids is 1. The number of nitrogens with one attached hydrogen (secondary N) is 2. The molecule has 0 saturated carbocycles. The molecule has 136 valence electrons. The van der Waals surface area contributed by atoms with E-state index in [1.54, 1.807) is 0 Å². The van der Waals surface area contributed by atoms with Crippen molar-refractivity contribution in [2.75, 3.05) is 6.54 Å². The van der Waals surface area contributed by atoms with E-state index in [1.807, 2.05) is 60.7 Å². The van der Waals surface area contributed by atoms with Gasteiger partial charge in [-0.25, -0.2) is 4.79 Å². The lowest BCUT2D eigenvalue weighted by Crippen LogP contribution is -2.49. The molecule has 0 aliphatic carbocycles. The van der Waals surface area contributed by atoms with Crippen molar-refractivity contribution in [1.29, 1.82) is 0 Å². The highest BCUT2D eigenvalue weighted by molar-refractivity contribution is 5.88. The maximum atomic E-state index is 12.2. The van der Waals surface area contributed by atoms with Gasteiger partial charge in [-0.05, 0) is 11.1 Å². The Balaban J connectivity index is 1.96. The summed E-state index contributed by atoms with van der Waals surface area (Å²) in [7, 11) is 0. The summed E-state index contributed by atoms with van der Waals surface area (Å²) in [5.41, 5.74) is 1.64. The summed E-state index contributed by atoms with van der Waals surface area (Å²) in [4.78, 5) is 34.9. The van der Waals surface area contributed by atoms with E-state index in [2.05, 4.69) is 10.6 Å². The fourth-order valence-electron chi connectivity index (χ4n) is 2.25. The fraction of sp³-hybridized carbons (Fsp3) is 0.211. The molecule has 0 aliphatic rings. The van der Waals surface area contributed by atoms with Gasteiger partial charge in [0.15, 0.2) is 0 Å². The first-order chi connectivity index (χ1) is 12.5. The van der Waals surface area contributed by atoms with Gasteiger partial charge in [0, 0.05) is 6.42 Å². The molecule has 0 fully saturated rings. The Kier molecular flexibility index (Phi) is 7.17. The molecule has 2 amide bonds. The van der Waals surface area contributed by atoms with Crippen LogP contribution in [0, 0.1) is 0 Å². The summed E-state index contributed by atoms with van der Waals surface area (Å²) in [5.74, 6) is -1.75. The zero-order valence-corrected chi connectivity index (χ0v) is 14.1. The predicted molar refractivity (Wildman–Crippen MR) is 94.3 cm³/mol. The molecular weight excluding hydrogens is 336 g/mol. The minimum absolute atomic E-state index is 0.0709. The predicted octanol–water partition coefficient (Wildman–Crippen LogP) is 1.72. The third kappa shape index (κ3) is 6.64. The van der Waals surface area contributed by atoms with Crippen LogP contribution in [-0.4, -0.2) is 35.7 Å². The Morgan fingerprint density at radius 1 is 0.923 bits per heavy atom. The van der Waals surface area contributed by atoms with E-state index in [9.17, 15) is 14.4 Å². The zero-order valence-electron chi connectivity index (χ0n) is 14.1. The molecule has 7 heteroatoms. The molecule has 2 aromatic rings. The van der Waals surface area contributed by atoms with Crippen molar-refractivity contribution in [2.24, 2.45) is 0 Å². The van der Waals surface area contributed by atoms with Gasteiger partial charge in [0.2, 0.25) is 5.91 Å². The normalized spacial score (nSPS) is 11.2. The van der Waals surface area contributed by atoms with E-state index < -0.39 is 30.6 Å². The van der Waals surface area contributed by atoms with E-state index >= 15 is 0 Å². The lowest BCUT2D eigenvalue weighted by molar-refractivity contribution is -0.138. The topological polar surface area (TPSA) is 105 Å². The van der Waals surface area contributed by atoms with Crippen molar-refractivity contribution < 1.29 is 24.2 Å². The molecule has 0 saturated heterocycles. The van der Waals surface area contributed by atoms with Crippen LogP contribution in [0.25, 0.3) is 0 Å². The third-order valence-corrected chi connectivity index (χ3v) is 3.52. The average molecular weight is 356 g/mol. The molecule has 7 nitrogen and oxygen atoms in total. The lowest BCUT2D eigenvalue weighted by Gasteiger charge is -2.18. The standard InChI is InChI=1S/C19H20N2O5/c22-17(23)12-20-18(24)16(11-14-7-3-1-4-8-14)21-19(25)26-13-15-9-5-2-6-10-15/h1-10,16H,11-13H2,(H,20,24)(H,21,25)(H,22,23)/t16-/m0/s1. The van der Waals surface area contributed by atoms with Crippen molar-refractivity contribution in [1.82, 2.24) is 10.6 Å². The van der Waals surface area contributed by atoms with Gasteiger partial charge < -0.3 is 20.5 Å². The minimum atomic E-state index is -1.16. The van der Waals surface area contributed by atoms with Gasteiger partial charge in [-0.15, -0.1) is 0 Å². The molecule has 26 heavy (non-hydrogen) atoms. The van der Waals surface area contributed by atoms with Crippen molar-refractivity contribution in [3.05, 3.63) is 71.8 Å². The van der Waals surface area contributed by atoms with Crippen LogP contribution >= 0.6 is 0 Å². The molecule has 0 aromatic heterocycles. The number of carbonyl (C=O) groups excluding carboxylic acids is 2. The smallest absolute Gasteiger partial charge is 0.408 e. The monoisotopic (exact) mass is 356 g/mol. The number of carboxylic acid groups (broad SMARTS) is 1. The Hall–Kier alpha value is -3.35. The maximum Gasteiger partial charge on any atom is 0.408 e. The maximum absolute atomic E-state index is 12.2. The Bertz CT molecular complexity index is 734. The average Bonchev–Trinajstić information content (AvgIpc) is 2.65. The molecule has 3 N–H and O–H groups in total. The Morgan fingerprint density at radius 3 is 2.08 bits per heavy atom. The van der Waals surface area contributed by atoms with Gasteiger partial charge in [-0.1, -0.05) is 60.7 Å². The second-order valence-corrected chi connectivity index (χ2v) is 5.56. The van der Waals surface area contributed by atoms with E-state index in [0.717, 1.165) is 11.1 Å². The second kappa shape index (κ2) is 9.83. The van der Waals surface area contributed by atoms with Crippen LogP contribution in [0.3, 0.4) is 0 Å². The summed E-state index contributed by atoms with van der Waals surface area (Å²) in [5, 5.41) is 13.5. The molecular formula is C19H20N2O5. The summed E-state index contributed by atoms with van der Waals surface area (Å²) in [6, 6.07) is 17.3. The third-order valence-electron chi connectivity index (χ3n) is 3.52. The van der Waals surface area contributed by atoms with Crippen molar-refractivity contribution in [3.8, 4) is 0 Å². The molecule has 0 unspecified atom stereocenters. The molecule has 2 aromatic carbocycles. The molecule has 0 aliphatic heterocycles. The molecule has 0 bridgehead atoms. The molecule has 2 rings (SSSR count). The number of ether oxygens (including phenoxy) is 1. The molecule has 1 atom stereocenters. The van der Waals surface area contributed by atoms with Crippen molar-refractivity contribution in [3.63, 3.8) is 0 Å². The van der Waals surface area contributed by atoms with Gasteiger partial charge in [-0.2, -0.15) is 0 Å². The van der Waals surface area contributed by atoms with Crippen molar-refractivity contribution >= 4 is 18.0 Å². The Labute approximate surface area is 151 Å². The van der Waals surface area contributed by atoms with Gasteiger partial charge in [0.1, 0.15) is 19.2 Å². The summed E-state index contributed by atoms with van der Waals surface area (Å²) in [6.45, 7) is -0.452. The van der Waals surface area contributed by atoms with Crippen LogP contribution in [-0.2, 0) is 27.4 Å². The number of hydrogen-bond acceptors (Lipinski definition) is 4. The first-order valence-corrected chi connectivity index (χ1v) is 8.05. The molecule has 0 radical (unpaired) electrons. The zero-order chi connectivity index (χ0) is 18.8. The summed E-state index contributed by atoms with van der Waals surface area (Å²) < 4.78 is 5.13. The lowest BCUT2D eigenvalue weighted by atomic mass is 10.1. The molecule has 0 heterocycles. The number of benzene rings is 2. The number of carboxylic acids is 1. The van der Waals surface area contributed by atoms with Gasteiger partial charge in [0.25, 0.3) is 0 Å². The van der Waals surface area contributed by atoms with E-state index in [4.69, 9.17) is 9.84 Å². The van der Waals surface area contributed by atoms with E-state index in [1.165, 1.54) is 0 Å².